The van der Waals surface area contributed by atoms with Crippen molar-refractivity contribution in [2.75, 3.05) is 37.7 Å². The van der Waals surface area contributed by atoms with Gasteiger partial charge in [-0.25, -0.2) is 0 Å². The van der Waals surface area contributed by atoms with Crippen LogP contribution in [0.3, 0.4) is 0 Å². The van der Waals surface area contributed by atoms with Crippen molar-refractivity contribution in [1.29, 1.82) is 0 Å². The van der Waals surface area contributed by atoms with Crippen LogP contribution in [0.5, 0.6) is 0 Å². The molecule has 118 valence electrons. The number of benzene rings is 1. The Morgan fingerprint density at radius 3 is 2.77 bits per heavy atom. The van der Waals surface area contributed by atoms with E-state index in [0.717, 1.165) is 32.5 Å². The molecule has 2 saturated heterocycles. The van der Waals surface area contributed by atoms with Crippen LogP contribution in [0, 0.1) is 5.92 Å². The lowest BCUT2D eigenvalue weighted by Gasteiger charge is -2.47. The lowest BCUT2D eigenvalue weighted by atomic mass is 9.80. The van der Waals surface area contributed by atoms with Gasteiger partial charge in [-0.05, 0) is 37.3 Å². The standard InChI is InChI=1S/C18H24N2O2/c21-18(19-9-11-22-12-10-19)15-13-14-5-1-2-6-16(14)20-8-4-3-7-17(15)20/h1-2,5-6,15,17H,3-4,7-13H2. The van der Waals surface area contributed by atoms with Crippen LogP contribution < -0.4 is 4.90 Å². The summed E-state index contributed by atoms with van der Waals surface area (Å²) in [5, 5.41) is 0. The molecule has 2 atom stereocenters. The number of hydrogen-bond donors (Lipinski definition) is 0. The van der Waals surface area contributed by atoms with Gasteiger partial charge in [-0.3, -0.25) is 4.79 Å². The van der Waals surface area contributed by atoms with Crippen LogP contribution in [0.1, 0.15) is 24.8 Å². The quantitative estimate of drug-likeness (QED) is 0.796. The van der Waals surface area contributed by atoms with Crippen LogP contribution in [-0.2, 0) is 16.0 Å². The Kier molecular flexibility index (Phi) is 3.78. The molecule has 2 fully saturated rings. The van der Waals surface area contributed by atoms with Gasteiger partial charge in [0.15, 0.2) is 0 Å². The summed E-state index contributed by atoms with van der Waals surface area (Å²) >= 11 is 0. The average Bonchev–Trinajstić information content (AvgIpc) is 2.61. The molecule has 3 aliphatic rings. The molecule has 4 nitrogen and oxygen atoms in total. The van der Waals surface area contributed by atoms with Gasteiger partial charge in [0.25, 0.3) is 0 Å². The molecule has 0 bridgehead atoms. The Balaban J connectivity index is 1.63. The van der Waals surface area contributed by atoms with Crippen LogP contribution in [0.2, 0.25) is 0 Å². The first-order chi connectivity index (χ1) is 10.8. The number of amides is 1. The van der Waals surface area contributed by atoms with Gasteiger partial charge in [0.1, 0.15) is 0 Å². The summed E-state index contributed by atoms with van der Waals surface area (Å²) in [6.07, 6.45) is 4.53. The summed E-state index contributed by atoms with van der Waals surface area (Å²) in [5.74, 6) is 0.461. The fraction of sp³-hybridized carbons (Fsp3) is 0.611. The number of piperidine rings is 1. The molecule has 4 rings (SSSR count). The van der Waals surface area contributed by atoms with Crippen LogP contribution in [0.25, 0.3) is 0 Å². The van der Waals surface area contributed by atoms with Crippen molar-refractivity contribution in [3.05, 3.63) is 29.8 Å². The van der Waals surface area contributed by atoms with Gasteiger partial charge in [0.05, 0.1) is 19.1 Å². The second-order valence-electron chi connectivity index (χ2n) is 6.63. The Labute approximate surface area is 132 Å². The number of carbonyl (C=O) groups is 1. The van der Waals surface area contributed by atoms with Crippen LogP contribution in [0.15, 0.2) is 24.3 Å². The molecule has 0 aromatic heterocycles. The van der Waals surface area contributed by atoms with Gasteiger partial charge in [0, 0.05) is 31.4 Å². The number of para-hydroxylation sites is 1. The lowest BCUT2D eigenvalue weighted by molar-refractivity contribution is -0.140. The third-order valence-corrected chi connectivity index (χ3v) is 5.39. The summed E-state index contributed by atoms with van der Waals surface area (Å²) in [7, 11) is 0. The van der Waals surface area contributed by atoms with E-state index in [9.17, 15) is 4.79 Å². The Morgan fingerprint density at radius 1 is 1.09 bits per heavy atom. The van der Waals surface area contributed by atoms with E-state index in [2.05, 4.69) is 29.2 Å². The van der Waals surface area contributed by atoms with E-state index >= 15 is 0 Å². The van der Waals surface area contributed by atoms with Gasteiger partial charge in [-0.15, -0.1) is 0 Å². The minimum atomic E-state index is 0.119. The van der Waals surface area contributed by atoms with Crippen molar-refractivity contribution in [1.82, 2.24) is 4.90 Å². The zero-order valence-corrected chi connectivity index (χ0v) is 13.0. The van der Waals surface area contributed by atoms with Crippen molar-refractivity contribution in [3.63, 3.8) is 0 Å². The molecule has 3 heterocycles. The van der Waals surface area contributed by atoms with Crippen molar-refractivity contribution in [2.45, 2.75) is 31.7 Å². The predicted molar refractivity (Wildman–Crippen MR) is 86.0 cm³/mol. The van der Waals surface area contributed by atoms with Crippen molar-refractivity contribution in [2.24, 2.45) is 5.92 Å². The molecule has 1 amide bonds. The van der Waals surface area contributed by atoms with Gasteiger partial charge in [-0.2, -0.15) is 0 Å². The van der Waals surface area contributed by atoms with Gasteiger partial charge in [-0.1, -0.05) is 18.2 Å². The number of hydrogen-bond acceptors (Lipinski definition) is 3. The second-order valence-corrected chi connectivity index (χ2v) is 6.63. The number of nitrogens with zero attached hydrogens (tertiary/aromatic N) is 2. The highest BCUT2D eigenvalue weighted by Gasteiger charge is 2.41. The van der Waals surface area contributed by atoms with E-state index in [0.29, 0.717) is 25.2 Å². The first kappa shape index (κ1) is 14.1. The van der Waals surface area contributed by atoms with Gasteiger partial charge in [0.2, 0.25) is 5.91 Å². The summed E-state index contributed by atoms with van der Waals surface area (Å²) in [4.78, 5) is 17.6. The fourth-order valence-corrected chi connectivity index (χ4v) is 4.28. The van der Waals surface area contributed by atoms with Gasteiger partial charge < -0.3 is 14.5 Å². The molecule has 2 unspecified atom stereocenters. The molecule has 0 aliphatic carbocycles. The third-order valence-electron chi connectivity index (χ3n) is 5.39. The zero-order chi connectivity index (χ0) is 14.9. The number of anilines is 1. The summed E-state index contributed by atoms with van der Waals surface area (Å²) < 4.78 is 5.40. The van der Waals surface area contributed by atoms with Crippen molar-refractivity contribution in [3.8, 4) is 0 Å². The minimum absolute atomic E-state index is 0.119. The molecule has 1 aromatic rings. The summed E-state index contributed by atoms with van der Waals surface area (Å²) in [6, 6.07) is 9.02. The molecular weight excluding hydrogens is 276 g/mol. The molecule has 0 saturated carbocycles. The van der Waals surface area contributed by atoms with Crippen LogP contribution in [-0.4, -0.2) is 49.7 Å². The number of ether oxygens (including phenoxy) is 1. The smallest absolute Gasteiger partial charge is 0.228 e. The molecular formula is C18H24N2O2. The first-order valence-corrected chi connectivity index (χ1v) is 8.55. The largest absolute Gasteiger partial charge is 0.378 e. The average molecular weight is 300 g/mol. The normalized spacial score (nSPS) is 28.0. The van der Waals surface area contributed by atoms with E-state index in [1.54, 1.807) is 0 Å². The summed E-state index contributed by atoms with van der Waals surface area (Å²) in [6.45, 7) is 3.97. The van der Waals surface area contributed by atoms with Crippen LogP contribution in [0.4, 0.5) is 5.69 Å². The highest BCUT2D eigenvalue weighted by atomic mass is 16.5. The molecule has 0 radical (unpaired) electrons. The highest BCUT2D eigenvalue weighted by molar-refractivity contribution is 5.82. The fourth-order valence-electron chi connectivity index (χ4n) is 4.28. The Hall–Kier alpha value is -1.55. The van der Waals surface area contributed by atoms with E-state index in [1.165, 1.54) is 24.1 Å². The molecule has 0 spiro atoms. The SMILES string of the molecule is O=C(C1Cc2ccccc2N2CCCCC12)N1CCOCC1. The molecule has 3 aliphatic heterocycles. The maximum Gasteiger partial charge on any atom is 0.228 e. The number of morpholine rings is 1. The van der Waals surface area contributed by atoms with Gasteiger partial charge >= 0.3 is 0 Å². The van der Waals surface area contributed by atoms with E-state index in [4.69, 9.17) is 4.74 Å². The molecule has 22 heavy (non-hydrogen) atoms. The lowest BCUT2D eigenvalue weighted by Crippen LogP contribution is -2.55. The maximum atomic E-state index is 13.1. The first-order valence-electron chi connectivity index (χ1n) is 8.55. The Bertz CT molecular complexity index is 554. The van der Waals surface area contributed by atoms with E-state index in [-0.39, 0.29) is 5.92 Å². The van der Waals surface area contributed by atoms with Crippen molar-refractivity contribution < 1.29 is 9.53 Å². The van der Waals surface area contributed by atoms with Crippen molar-refractivity contribution >= 4 is 11.6 Å². The molecule has 4 heteroatoms. The predicted octanol–water partition coefficient (Wildman–Crippen LogP) is 2.08. The highest BCUT2D eigenvalue weighted by Crippen LogP contribution is 2.39. The van der Waals surface area contributed by atoms with E-state index in [1.807, 2.05) is 4.90 Å². The topological polar surface area (TPSA) is 32.8 Å². The minimum Gasteiger partial charge on any atom is -0.378 e. The number of carbonyl (C=O) groups excluding carboxylic acids is 1. The number of rotatable bonds is 1. The van der Waals surface area contributed by atoms with Crippen LogP contribution >= 0.6 is 0 Å². The molecule has 0 N–H and O–H groups in total. The third kappa shape index (κ3) is 2.39. The summed E-state index contributed by atoms with van der Waals surface area (Å²) in [5.41, 5.74) is 2.70. The van der Waals surface area contributed by atoms with E-state index < -0.39 is 0 Å². The second kappa shape index (κ2) is 5.92. The Morgan fingerprint density at radius 2 is 1.91 bits per heavy atom. The zero-order valence-electron chi connectivity index (χ0n) is 13.0. The molecule has 1 aromatic carbocycles. The monoisotopic (exact) mass is 300 g/mol. The maximum absolute atomic E-state index is 13.1. The number of fused-ring (bicyclic) bond motifs is 3.